The molecule has 3 aromatic rings. The summed E-state index contributed by atoms with van der Waals surface area (Å²) in [7, 11) is 0. The van der Waals surface area contributed by atoms with Crippen molar-refractivity contribution >= 4 is 11.7 Å². The molecule has 2 aromatic heterocycles. The van der Waals surface area contributed by atoms with E-state index >= 15 is 0 Å². The molecule has 0 unspecified atom stereocenters. The number of likely N-dealkylation sites (tertiary alicyclic amines) is 1. The van der Waals surface area contributed by atoms with Crippen molar-refractivity contribution in [3.05, 3.63) is 60.7 Å². The number of rotatable bonds is 4. The van der Waals surface area contributed by atoms with E-state index in [0.29, 0.717) is 24.5 Å². The molecule has 24 heavy (non-hydrogen) atoms. The van der Waals surface area contributed by atoms with Crippen molar-refractivity contribution in [3.8, 4) is 11.3 Å². The lowest BCUT2D eigenvalue weighted by atomic mass is 10.1. The summed E-state index contributed by atoms with van der Waals surface area (Å²) in [4.78, 5) is 22.1. The number of nitrogens with one attached hydrogen (secondary N) is 1. The van der Waals surface area contributed by atoms with Crippen LogP contribution in [0.2, 0.25) is 0 Å². The Morgan fingerprint density at radius 1 is 1.21 bits per heavy atom. The van der Waals surface area contributed by atoms with Crippen LogP contribution in [0.1, 0.15) is 10.5 Å². The lowest BCUT2D eigenvalue weighted by Gasteiger charge is -2.39. The Hall–Kier alpha value is -3.22. The second-order valence-corrected chi connectivity index (χ2v) is 5.59. The van der Waals surface area contributed by atoms with Crippen LogP contribution in [0, 0.1) is 0 Å². The number of benzene rings is 1. The third kappa shape index (κ3) is 2.83. The van der Waals surface area contributed by atoms with Gasteiger partial charge >= 0.3 is 0 Å². The van der Waals surface area contributed by atoms with Gasteiger partial charge < -0.3 is 14.7 Å². The summed E-state index contributed by atoms with van der Waals surface area (Å²) in [5.74, 6) is 1.23. The van der Waals surface area contributed by atoms with Crippen LogP contribution in [0.15, 0.2) is 59.5 Å². The van der Waals surface area contributed by atoms with E-state index in [2.05, 4.69) is 20.4 Å². The van der Waals surface area contributed by atoms with Crippen LogP contribution in [0.25, 0.3) is 11.3 Å². The zero-order chi connectivity index (χ0) is 16.4. The largest absolute Gasteiger partial charge is 0.364 e. The maximum atomic E-state index is 12.4. The molecule has 1 aliphatic rings. The SMILES string of the molecule is O=C(c1cc(-c2ccccc2)on1)N1CC(Nc2ccncn2)C1. The van der Waals surface area contributed by atoms with E-state index in [-0.39, 0.29) is 11.9 Å². The third-order valence-corrected chi connectivity index (χ3v) is 3.89. The first kappa shape index (κ1) is 14.4. The highest BCUT2D eigenvalue weighted by molar-refractivity contribution is 5.93. The number of hydrogen-bond donors (Lipinski definition) is 1. The fourth-order valence-corrected chi connectivity index (χ4v) is 2.60. The van der Waals surface area contributed by atoms with Gasteiger partial charge in [-0.15, -0.1) is 0 Å². The zero-order valence-electron chi connectivity index (χ0n) is 12.8. The number of aromatic nitrogens is 3. The van der Waals surface area contributed by atoms with Gasteiger partial charge in [0, 0.05) is 30.9 Å². The summed E-state index contributed by atoms with van der Waals surface area (Å²) in [5, 5.41) is 7.15. The zero-order valence-corrected chi connectivity index (χ0v) is 12.8. The Morgan fingerprint density at radius 2 is 2.04 bits per heavy atom. The maximum Gasteiger partial charge on any atom is 0.276 e. The first-order valence-corrected chi connectivity index (χ1v) is 7.63. The van der Waals surface area contributed by atoms with Crippen LogP contribution in [0.4, 0.5) is 5.82 Å². The minimum absolute atomic E-state index is 0.123. The lowest BCUT2D eigenvalue weighted by Crippen LogP contribution is -2.57. The van der Waals surface area contributed by atoms with Crippen LogP contribution >= 0.6 is 0 Å². The Bertz CT molecular complexity index is 828. The van der Waals surface area contributed by atoms with E-state index in [1.165, 1.54) is 6.33 Å². The number of hydrogen-bond acceptors (Lipinski definition) is 6. The quantitative estimate of drug-likeness (QED) is 0.792. The molecule has 4 rings (SSSR count). The Labute approximate surface area is 138 Å². The van der Waals surface area contributed by atoms with E-state index < -0.39 is 0 Å². The molecular formula is C17H15N5O2. The monoisotopic (exact) mass is 321 g/mol. The molecule has 0 radical (unpaired) electrons. The van der Waals surface area contributed by atoms with Gasteiger partial charge in [-0.2, -0.15) is 0 Å². The average molecular weight is 321 g/mol. The normalized spacial score (nSPS) is 14.2. The molecule has 3 heterocycles. The van der Waals surface area contributed by atoms with Gasteiger partial charge in [0.15, 0.2) is 11.5 Å². The van der Waals surface area contributed by atoms with Crippen LogP contribution < -0.4 is 5.32 Å². The summed E-state index contributed by atoms with van der Waals surface area (Å²) < 4.78 is 5.28. The van der Waals surface area contributed by atoms with E-state index in [1.807, 2.05) is 30.3 Å². The average Bonchev–Trinajstić information content (AvgIpc) is 3.09. The number of anilines is 1. The number of amides is 1. The molecule has 120 valence electrons. The topological polar surface area (TPSA) is 84.2 Å². The second-order valence-electron chi connectivity index (χ2n) is 5.59. The molecule has 1 fully saturated rings. The van der Waals surface area contributed by atoms with Crippen LogP contribution in [0.5, 0.6) is 0 Å². The Kier molecular flexibility index (Phi) is 3.66. The number of carbonyl (C=O) groups excluding carboxylic acids is 1. The fraction of sp³-hybridized carbons (Fsp3) is 0.176. The summed E-state index contributed by atoms with van der Waals surface area (Å²) in [6.45, 7) is 1.22. The fourth-order valence-electron chi connectivity index (χ4n) is 2.60. The van der Waals surface area contributed by atoms with Crippen molar-refractivity contribution in [2.75, 3.05) is 18.4 Å². The molecule has 0 saturated carbocycles. The molecular weight excluding hydrogens is 306 g/mol. The first-order valence-electron chi connectivity index (χ1n) is 7.63. The molecule has 0 aliphatic carbocycles. The molecule has 0 spiro atoms. The Balaban J connectivity index is 1.37. The lowest BCUT2D eigenvalue weighted by molar-refractivity contribution is 0.0614. The highest BCUT2D eigenvalue weighted by Crippen LogP contribution is 2.22. The van der Waals surface area contributed by atoms with Crippen molar-refractivity contribution in [3.63, 3.8) is 0 Å². The van der Waals surface area contributed by atoms with Crippen molar-refractivity contribution in [2.45, 2.75) is 6.04 Å². The first-order chi connectivity index (χ1) is 11.8. The van der Waals surface area contributed by atoms with E-state index in [9.17, 15) is 4.79 Å². The van der Waals surface area contributed by atoms with Gasteiger partial charge in [0.2, 0.25) is 0 Å². The number of carbonyl (C=O) groups is 1. The van der Waals surface area contributed by atoms with Gasteiger partial charge in [-0.1, -0.05) is 35.5 Å². The summed E-state index contributed by atoms with van der Waals surface area (Å²) in [5.41, 5.74) is 1.23. The summed E-state index contributed by atoms with van der Waals surface area (Å²) >= 11 is 0. The molecule has 1 aromatic carbocycles. The maximum absolute atomic E-state index is 12.4. The summed E-state index contributed by atoms with van der Waals surface area (Å²) in [6, 6.07) is 13.3. The van der Waals surface area contributed by atoms with Crippen LogP contribution in [0.3, 0.4) is 0 Å². The molecule has 0 atom stereocenters. The van der Waals surface area contributed by atoms with Gasteiger partial charge in [-0.25, -0.2) is 9.97 Å². The molecule has 1 saturated heterocycles. The molecule has 1 aliphatic heterocycles. The number of nitrogens with zero attached hydrogens (tertiary/aromatic N) is 4. The van der Waals surface area contributed by atoms with Gasteiger partial charge in [-0.05, 0) is 6.07 Å². The highest BCUT2D eigenvalue weighted by atomic mass is 16.5. The molecule has 1 amide bonds. The van der Waals surface area contributed by atoms with Crippen molar-refractivity contribution < 1.29 is 9.32 Å². The standard InChI is InChI=1S/C17H15N5O2/c23-17(14-8-15(24-21-14)12-4-2-1-3-5-12)22-9-13(10-22)20-16-6-7-18-11-19-16/h1-8,11,13H,9-10H2,(H,18,19,20). The van der Waals surface area contributed by atoms with Crippen LogP contribution in [-0.2, 0) is 0 Å². The van der Waals surface area contributed by atoms with E-state index in [0.717, 1.165) is 11.4 Å². The van der Waals surface area contributed by atoms with Gasteiger partial charge in [0.25, 0.3) is 5.91 Å². The summed E-state index contributed by atoms with van der Waals surface area (Å²) in [6.07, 6.45) is 3.17. The minimum atomic E-state index is -0.123. The van der Waals surface area contributed by atoms with Crippen LogP contribution in [-0.4, -0.2) is 45.1 Å². The van der Waals surface area contributed by atoms with Crippen molar-refractivity contribution in [1.82, 2.24) is 20.0 Å². The highest BCUT2D eigenvalue weighted by Gasteiger charge is 2.32. The van der Waals surface area contributed by atoms with E-state index in [4.69, 9.17) is 4.52 Å². The van der Waals surface area contributed by atoms with Crippen molar-refractivity contribution in [1.29, 1.82) is 0 Å². The van der Waals surface area contributed by atoms with Gasteiger partial charge in [-0.3, -0.25) is 4.79 Å². The predicted octanol–water partition coefficient (Wildman–Crippen LogP) is 2.07. The molecule has 1 N–H and O–H groups in total. The molecule has 0 bridgehead atoms. The van der Waals surface area contributed by atoms with Gasteiger partial charge in [0.05, 0.1) is 6.04 Å². The smallest absolute Gasteiger partial charge is 0.276 e. The third-order valence-electron chi connectivity index (χ3n) is 3.89. The van der Waals surface area contributed by atoms with E-state index in [1.54, 1.807) is 23.2 Å². The Morgan fingerprint density at radius 3 is 2.79 bits per heavy atom. The van der Waals surface area contributed by atoms with Crippen molar-refractivity contribution in [2.24, 2.45) is 0 Å². The van der Waals surface area contributed by atoms with Gasteiger partial charge in [0.1, 0.15) is 12.1 Å². The second kappa shape index (κ2) is 6.11. The minimum Gasteiger partial charge on any atom is -0.364 e. The molecule has 7 nitrogen and oxygen atoms in total. The predicted molar refractivity (Wildman–Crippen MR) is 87.3 cm³/mol. The molecule has 7 heteroatoms.